The minimum Gasteiger partial charge on any atom is -0.495 e. The summed E-state index contributed by atoms with van der Waals surface area (Å²) in [6.07, 6.45) is 0. The monoisotopic (exact) mass is 528 g/mol. The van der Waals surface area contributed by atoms with E-state index in [4.69, 9.17) is 4.74 Å². The van der Waals surface area contributed by atoms with Crippen molar-refractivity contribution in [3.05, 3.63) is 106 Å². The number of nitrogens with zero attached hydrogens (tertiary/aromatic N) is 2. The third-order valence-corrected chi connectivity index (χ3v) is 6.59. The van der Waals surface area contributed by atoms with E-state index in [0.29, 0.717) is 33.5 Å². The number of rotatable bonds is 6. The Labute approximate surface area is 210 Å². The van der Waals surface area contributed by atoms with Gasteiger partial charge < -0.3 is 9.64 Å². The highest BCUT2D eigenvalue weighted by atomic mass is 79.9. The van der Waals surface area contributed by atoms with Gasteiger partial charge in [0, 0.05) is 39.6 Å². The van der Waals surface area contributed by atoms with E-state index >= 15 is 0 Å². The Morgan fingerprint density at radius 1 is 0.886 bits per heavy atom. The molecular weight excluding hydrogens is 508 g/mol. The van der Waals surface area contributed by atoms with Gasteiger partial charge in [0.1, 0.15) is 5.75 Å². The van der Waals surface area contributed by atoms with Crippen molar-refractivity contribution >= 4 is 50.1 Å². The van der Waals surface area contributed by atoms with Crippen LogP contribution >= 0.6 is 15.9 Å². The van der Waals surface area contributed by atoms with Crippen molar-refractivity contribution in [2.24, 2.45) is 0 Å². The highest BCUT2D eigenvalue weighted by Gasteiger charge is 2.33. The van der Waals surface area contributed by atoms with Gasteiger partial charge >= 0.3 is 0 Å². The molecule has 0 radical (unpaired) electrons. The third kappa shape index (κ3) is 4.08. The topological polar surface area (TPSA) is 66.9 Å². The smallest absolute Gasteiger partial charge is 0.261 e. The number of benzene rings is 4. The van der Waals surface area contributed by atoms with Crippen molar-refractivity contribution < 1.29 is 19.1 Å². The minimum atomic E-state index is -0.366. The van der Waals surface area contributed by atoms with Crippen LogP contribution in [0.5, 0.6) is 5.75 Å². The summed E-state index contributed by atoms with van der Waals surface area (Å²) < 4.78 is 6.28. The molecular formula is C28H21BrN2O4. The minimum absolute atomic E-state index is 0.0280. The average Bonchev–Trinajstić information content (AvgIpc) is 2.89. The molecule has 0 aliphatic carbocycles. The van der Waals surface area contributed by atoms with E-state index in [1.54, 1.807) is 47.4 Å². The third-order valence-electron chi connectivity index (χ3n) is 6.10. The fraction of sp³-hybridized carbons (Fsp3) is 0.107. The van der Waals surface area contributed by atoms with Gasteiger partial charge in [-0.2, -0.15) is 0 Å². The van der Waals surface area contributed by atoms with Crippen molar-refractivity contribution in [1.82, 2.24) is 4.90 Å². The maximum Gasteiger partial charge on any atom is 0.261 e. The van der Waals surface area contributed by atoms with E-state index < -0.39 is 0 Å². The molecule has 5 rings (SSSR count). The number of anilines is 1. The van der Waals surface area contributed by atoms with Gasteiger partial charge in [-0.25, -0.2) is 0 Å². The van der Waals surface area contributed by atoms with Gasteiger partial charge in [-0.15, -0.1) is 0 Å². The van der Waals surface area contributed by atoms with E-state index in [2.05, 4.69) is 15.9 Å². The SMILES string of the molecule is COc1ccccc1N(CCN1C(=O)c2cccc3cccc(c23)C1=O)C(=O)c1cccc(Br)c1. The quantitative estimate of drug-likeness (QED) is 0.307. The van der Waals surface area contributed by atoms with Crippen molar-refractivity contribution in [2.75, 3.05) is 25.1 Å². The Morgan fingerprint density at radius 3 is 2.20 bits per heavy atom. The molecule has 1 aliphatic heterocycles. The van der Waals surface area contributed by atoms with Crippen LogP contribution in [0.4, 0.5) is 5.69 Å². The molecule has 35 heavy (non-hydrogen) atoms. The van der Waals surface area contributed by atoms with Gasteiger partial charge in [0.15, 0.2) is 0 Å². The van der Waals surface area contributed by atoms with E-state index in [-0.39, 0.29) is 30.8 Å². The number of ether oxygens (including phenoxy) is 1. The fourth-order valence-corrected chi connectivity index (χ4v) is 4.84. The predicted molar refractivity (Wildman–Crippen MR) is 138 cm³/mol. The molecule has 6 nitrogen and oxygen atoms in total. The molecule has 1 aliphatic rings. The molecule has 3 amide bonds. The molecule has 0 bridgehead atoms. The molecule has 0 aromatic heterocycles. The largest absolute Gasteiger partial charge is 0.495 e. The Bertz CT molecular complexity index is 1430. The molecule has 0 saturated carbocycles. The zero-order valence-corrected chi connectivity index (χ0v) is 20.5. The molecule has 0 N–H and O–H groups in total. The summed E-state index contributed by atoms with van der Waals surface area (Å²) >= 11 is 3.42. The number of carbonyl (C=O) groups excluding carboxylic acids is 3. The molecule has 0 atom stereocenters. The van der Waals surface area contributed by atoms with E-state index in [9.17, 15) is 14.4 Å². The Balaban J connectivity index is 1.50. The first-order valence-corrected chi connectivity index (χ1v) is 11.9. The lowest BCUT2D eigenvalue weighted by atomic mass is 9.94. The first-order chi connectivity index (χ1) is 17.0. The van der Waals surface area contributed by atoms with Gasteiger partial charge in [0.25, 0.3) is 17.7 Å². The van der Waals surface area contributed by atoms with Crippen LogP contribution < -0.4 is 9.64 Å². The number of hydrogen-bond acceptors (Lipinski definition) is 4. The number of imide groups is 1. The van der Waals surface area contributed by atoms with Crippen LogP contribution in [0.15, 0.2) is 89.4 Å². The predicted octanol–water partition coefficient (Wildman–Crippen LogP) is 5.55. The number of amides is 3. The molecule has 0 unspecified atom stereocenters. The van der Waals surface area contributed by atoms with Gasteiger partial charge in [-0.1, -0.05) is 58.4 Å². The summed E-state index contributed by atoms with van der Waals surface area (Å²) in [6, 6.07) is 25.1. The lowest BCUT2D eigenvalue weighted by Crippen LogP contribution is -2.46. The van der Waals surface area contributed by atoms with Crippen molar-refractivity contribution in [3.63, 3.8) is 0 Å². The zero-order chi connectivity index (χ0) is 24.5. The van der Waals surface area contributed by atoms with E-state index in [1.807, 2.05) is 42.5 Å². The molecule has 7 heteroatoms. The first kappa shape index (κ1) is 22.8. The van der Waals surface area contributed by atoms with E-state index in [0.717, 1.165) is 9.86 Å². The Hall–Kier alpha value is -3.97. The zero-order valence-electron chi connectivity index (χ0n) is 18.9. The molecule has 1 heterocycles. The van der Waals surface area contributed by atoms with Crippen LogP contribution in [-0.4, -0.2) is 42.8 Å². The summed E-state index contributed by atoms with van der Waals surface area (Å²) in [5.74, 6) is -0.485. The van der Waals surface area contributed by atoms with Crippen LogP contribution in [0.1, 0.15) is 31.1 Å². The number of methoxy groups -OCH3 is 1. The molecule has 0 saturated heterocycles. The number of para-hydroxylation sites is 2. The summed E-state index contributed by atoms with van der Waals surface area (Å²) in [5.41, 5.74) is 2.00. The lowest BCUT2D eigenvalue weighted by molar-refractivity contribution is 0.0611. The summed E-state index contributed by atoms with van der Waals surface area (Å²) in [6.45, 7) is 0.127. The normalized spacial score (nSPS) is 12.7. The molecule has 174 valence electrons. The van der Waals surface area contributed by atoms with E-state index in [1.165, 1.54) is 12.0 Å². The van der Waals surface area contributed by atoms with Crippen LogP contribution in [0.2, 0.25) is 0 Å². The summed E-state index contributed by atoms with van der Waals surface area (Å²) in [7, 11) is 1.54. The second-order valence-electron chi connectivity index (χ2n) is 8.11. The fourth-order valence-electron chi connectivity index (χ4n) is 4.45. The Morgan fingerprint density at radius 2 is 1.54 bits per heavy atom. The van der Waals surface area contributed by atoms with Crippen molar-refractivity contribution in [2.45, 2.75) is 0 Å². The standard InChI is InChI=1S/C28H21BrN2O4/c1-35-24-14-3-2-13-23(24)30(26(32)19-9-4-10-20(29)17-19)15-16-31-27(33)21-11-5-7-18-8-6-12-22(25(18)21)28(31)34/h2-14,17H,15-16H2,1H3. The molecule has 0 fully saturated rings. The molecule has 0 spiro atoms. The van der Waals surface area contributed by atoms with Gasteiger partial charge in [0.05, 0.1) is 12.8 Å². The van der Waals surface area contributed by atoms with Gasteiger partial charge in [-0.05, 0) is 47.9 Å². The maximum atomic E-state index is 13.6. The number of hydrogen-bond donors (Lipinski definition) is 0. The highest BCUT2D eigenvalue weighted by Crippen LogP contribution is 2.32. The highest BCUT2D eigenvalue weighted by molar-refractivity contribution is 9.10. The summed E-state index contributed by atoms with van der Waals surface area (Å²) in [4.78, 5) is 43.1. The van der Waals surface area contributed by atoms with Crippen LogP contribution in [0.3, 0.4) is 0 Å². The second-order valence-corrected chi connectivity index (χ2v) is 9.03. The second kappa shape index (κ2) is 9.35. The van der Waals surface area contributed by atoms with Gasteiger partial charge in [0.2, 0.25) is 0 Å². The first-order valence-electron chi connectivity index (χ1n) is 11.1. The van der Waals surface area contributed by atoms with Crippen LogP contribution in [0.25, 0.3) is 10.8 Å². The maximum absolute atomic E-state index is 13.6. The van der Waals surface area contributed by atoms with Gasteiger partial charge in [-0.3, -0.25) is 19.3 Å². The number of carbonyl (C=O) groups is 3. The summed E-state index contributed by atoms with van der Waals surface area (Å²) in [5, 5.41) is 1.52. The van der Waals surface area contributed by atoms with Crippen LogP contribution in [-0.2, 0) is 0 Å². The molecule has 4 aromatic carbocycles. The average molecular weight is 529 g/mol. The van der Waals surface area contributed by atoms with Crippen molar-refractivity contribution in [3.8, 4) is 5.75 Å². The van der Waals surface area contributed by atoms with Crippen LogP contribution in [0, 0.1) is 0 Å². The molecule has 4 aromatic rings. The van der Waals surface area contributed by atoms with Crippen molar-refractivity contribution in [1.29, 1.82) is 0 Å². The number of halogens is 1. The lowest BCUT2D eigenvalue weighted by Gasteiger charge is -2.30. The Kier molecular flexibility index (Phi) is 6.09.